The second kappa shape index (κ2) is 7.62. The summed E-state index contributed by atoms with van der Waals surface area (Å²) >= 11 is 5.86. The zero-order chi connectivity index (χ0) is 19.5. The van der Waals surface area contributed by atoms with Crippen molar-refractivity contribution < 1.29 is 4.79 Å². The third kappa shape index (κ3) is 3.77. The minimum atomic E-state index is -0.318. The zero-order valence-electron chi connectivity index (χ0n) is 15.0. The van der Waals surface area contributed by atoms with E-state index in [1.165, 1.54) is 6.08 Å². The SMILES string of the molecule is Cc1nc2ccccn2c1-c1ccnc(NC(=O)/C=C/c2ccc(Cl)cc2)n1. The molecule has 3 heterocycles. The molecule has 3 aromatic heterocycles. The first-order chi connectivity index (χ1) is 13.6. The summed E-state index contributed by atoms with van der Waals surface area (Å²) in [4.78, 5) is 25.4. The van der Waals surface area contributed by atoms with E-state index in [0.717, 1.165) is 22.6 Å². The fourth-order valence-electron chi connectivity index (χ4n) is 2.87. The molecule has 0 atom stereocenters. The van der Waals surface area contributed by atoms with Crippen molar-refractivity contribution >= 4 is 35.2 Å². The second-order valence-corrected chi connectivity index (χ2v) is 6.55. The summed E-state index contributed by atoms with van der Waals surface area (Å²) < 4.78 is 1.96. The number of hydrogen-bond acceptors (Lipinski definition) is 4. The smallest absolute Gasteiger partial charge is 0.250 e. The predicted octanol–water partition coefficient (Wildman–Crippen LogP) is 4.41. The van der Waals surface area contributed by atoms with Crippen LogP contribution in [-0.2, 0) is 4.79 Å². The number of aryl methyl sites for hydroxylation is 1. The Bertz CT molecular complexity index is 1180. The zero-order valence-corrected chi connectivity index (χ0v) is 15.8. The van der Waals surface area contributed by atoms with Gasteiger partial charge in [-0.15, -0.1) is 0 Å². The molecule has 0 radical (unpaired) electrons. The number of anilines is 1. The number of pyridine rings is 1. The van der Waals surface area contributed by atoms with Crippen molar-refractivity contribution in [2.45, 2.75) is 6.92 Å². The van der Waals surface area contributed by atoms with Gasteiger partial charge in [-0.3, -0.25) is 14.5 Å². The van der Waals surface area contributed by atoms with Gasteiger partial charge in [-0.25, -0.2) is 15.0 Å². The van der Waals surface area contributed by atoms with Crippen LogP contribution in [0.5, 0.6) is 0 Å². The Labute approximate surface area is 166 Å². The van der Waals surface area contributed by atoms with Crippen molar-refractivity contribution in [1.82, 2.24) is 19.4 Å². The van der Waals surface area contributed by atoms with E-state index in [-0.39, 0.29) is 11.9 Å². The molecular formula is C21H16ClN5O. The highest BCUT2D eigenvalue weighted by molar-refractivity contribution is 6.30. The normalized spacial score (nSPS) is 11.2. The highest BCUT2D eigenvalue weighted by Gasteiger charge is 2.13. The summed E-state index contributed by atoms with van der Waals surface area (Å²) in [6, 6.07) is 14.8. The van der Waals surface area contributed by atoms with E-state index in [1.807, 2.05) is 47.9 Å². The first kappa shape index (κ1) is 17.9. The third-order valence-corrected chi connectivity index (χ3v) is 4.39. The van der Waals surface area contributed by atoms with E-state index in [0.29, 0.717) is 10.7 Å². The summed E-state index contributed by atoms with van der Waals surface area (Å²) in [6.07, 6.45) is 6.67. The van der Waals surface area contributed by atoms with Crippen LogP contribution >= 0.6 is 11.6 Å². The molecule has 0 spiro atoms. The molecule has 6 nitrogen and oxygen atoms in total. The van der Waals surface area contributed by atoms with Crippen LogP contribution in [0.1, 0.15) is 11.3 Å². The van der Waals surface area contributed by atoms with Gasteiger partial charge in [0.05, 0.1) is 17.1 Å². The monoisotopic (exact) mass is 389 g/mol. The first-order valence-corrected chi connectivity index (χ1v) is 9.00. The molecule has 4 aromatic rings. The first-order valence-electron chi connectivity index (χ1n) is 8.62. The van der Waals surface area contributed by atoms with Crippen molar-refractivity contribution in [1.29, 1.82) is 0 Å². The van der Waals surface area contributed by atoms with Crippen LogP contribution in [-0.4, -0.2) is 25.3 Å². The topological polar surface area (TPSA) is 72.2 Å². The number of rotatable bonds is 4. The number of carbonyl (C=O) groups excluding carboxylic acids is 1. The molecule has 4 rings (SSSR count). The van der Waals surface area contributed by atoms with E-state index in [1.54, 1.807) is 30.5 Å². The Morgan fingerprint density at radius 3 is 2.75 bits per heavy atom. The number of nitrogens with zero attached hydrogens (tertiary/aromatic N) is 4. The molecule has 1 amide bonds. The van der Waals surface area contributed by atoms with Crippen molar-refractivity contribution in [3.8, 4) is 11.4 Å². The Kier molecular flexibility index (Phi) is 4.87. The number of fused-ring (bicyclic) bond motifs is 1. The molecule has 1 N–H and O–H groups in total. The number of imidazole rings is 1. The predicted molar refractivity (Wildman–Crippen MR) is 110 cm³/mol. The maximum Gasteiger partial charge on any atom is 0.250 e. The highest BCUT2D eigenvalue weighted by Crippen LogP contribution is 2.23. The van der Waals surface area contributed by atoms with Gasteiger partial charge in [0.1, 0.15) is 5.65 Å². The van der Waals surface area contributed by atoms with Crippen LogP contribution < -0.4 is 5.32 Å². The van der Waals surface area contributed by atoms with E-state index < -0.39 is 0 Å². The van der Waals surface area contributed by atoms with Crippen LogP contribution in [0.3, 0.4) is 0 Å². The molecule has 0 bridgehead atoms. The van der Waals surface area contributed by atoms with Gasteiger partial charge in [0.25, 0.3) is 5.91 Å². The number of amides is 1. The van der Waals surface area contributed by atoms with Crippen LogP contribution in [0.15, 0.2) is 67.0 Å². The highest BCUT2D eigenvalue weighted by atomic mass is 35.5. The molecular weight excluding hydrogens is 374 g/mol. The number of aromatic nitrogens is 4. The van der Waals surface area contributed by atoms with Crippen molar-refractivity contribution in [2.75, 3.05) is 5.32 Å². The number of halogens is 1. The molecule has 0 fully saturated rings. The Balaban J connectivity index is 1.56. The molecule has 7 heteroatoms. The van der Waals surface area contributed by atoms with E-state index in [9.17, 15) is 4.79 Å². The Morgan fingerprint density at radius 2 is 1.93 bits per heavy atom. The summed E-state index contributed by atoms with van der Waals surface area (Å²) in [6.45, 7) is 1.93. The maximum absolute atomic E-state index is 12.2. The molecule has 0 unspecified atom stereocenters. The minimum absolute atomic E-state index is 0.230. The van der Waals surface area contributed by atoms with Crippen molar-refractivity contribution in [3.63, 3.8) is 0 Å². The Morgan fingerprint density at radius 1 is 1.11 bits per heavy atom. The van der Waals surface area contributed by atoms with E-state index in [2.05, 4.69) is 20.3 Å². The lowest BCUT2D eigenvalue weighted by Crippen LogP contribution is -2.11. The van der Waals surface area contributed by atoms with Gasteiger partial charge in [0.15, 0.2) is 0 Å². The average Bonchev–Trinajstić information content (AvgIpc) is 3.03. The third-order valence-electron chi connectivity index (χ3n) is 4.13. The summed E-state index contributed by atoms with van der Waals surface area (Å²) in [5, 5.41) is 3.34. The average molecular weight is 390 g/mol. The fourth-order valence-corrected chi connectivity index (χ4v) is 3.00. The number of benzene rings is 1. The lowest BCUT2D eigenvalue weighted by Gasteiger charge is -2.05. The van der Waals surface area contributed by atoms with Gasteiger partial charge in [0.2, 0.25) is 5.95 Å². The van der Waals surface area contributed by atoms with Gasteiger partial charge in [-0.05, 0) is 48.9 Å². The summed E-state index contributed by atoms with van der Waals surface area (Å²) in [7, 11) is 0. The van der Waals surface area contributed by atoms with Crippen molar-refractivity contribution in [3.05, 3.63) is 83.3 Å². The molecule has 0 aliphatic rings. The maximum atomic E-state index is 12.2. The van der Waals surface area contributed by atoms with Gasteiger partial charge in [-0.2, -0.15) is 0 Å². The summed E-state index contributed by atoms with van der Waals surface area (Å²) in [5.41, 5.74) is 4.11. The lowest BCUT2D eigenvalue weighted by molar-refractivity contribution is -0.111. The van der Waals surface area contributed by atoms with Crippen molar-refractivity contribution in [2.24, 2.45) is 0 Å². The molecule has 0 aliphatic heterocycles. The standard InChI is InChI=1S/C21H16ClN5O/c1-14-20(27-13-3-2-4-18(27)24-14)17-11-12-23-21(25-17)26-19(28)10-7-15-5-8-16(22)9-6-15/h2-13H,1H3,(H,23,25,26,28)/b10-7+. The van der Waals surface area contributed by atoms with Gasteiger partial charge in [-0.1, -0.05) is 29.8 Å². The van der Waals surface area contributed by atoms with Gasteiger partial charge >= 0.3 is 0 Å². The van der Waals surface area contributed by atoms with Crippen LogP contribution in [0.2, 0.25) is 5.02 Å². The Hall–Kier alpha value is -3.51. The quantitative estimate of drug-likeness (QED) is 0.525. The molecule has 0 saturated carbocycles. The largest absolute Gasteiger partial charge is 0.298 e. The van der Waals surface area contributed by atoms with Crippen LogP contribution in [0.25, 0.3) is 23.1 Å². The fraction of sp³-hybridized carbons (Fsp3) is 0.0476. The summed E-state index contributed by atoms with van der Waals surface area (Å²) in [5.74, 6) is -0.0875. The molecule has 1 aromatic carbocycles. The number of hydrogen-bond donors (Lipinski definition) is 1. The van der Waals surface area contributed by atoms with Gasteiger partial charge in [0, 0.05) is 23.5 Å². The minimum Gasteiger partial charge on any atom is -0.298 e. The lowest BCUT2D eigenvalue weighted by atomic mass is 10.2. The van der Waals surface area contributed by atoms with Crippen LogP contribution in [0.4, 0.5) is 5.95 Å². The van der Waals surface area contributed by atoms with E-state index in [4.69, 9.17) is 11.6 Å². The molecule has 28 heavy (non-hydrogen) atoms. The van der Waals surface area contributed by atoms with E-state index >= 15 is 0 Å². The number of nitrogens with one attached hydrogen (secondary N) is 1. The molecule has 0 aliphatic carbocycles. The van der Waals surface area contributed by atoms with Crippen LogP contribution in [0, 0.1) is 6.92 Å². The molecule has 138 valence electrons. The molecule has 0 saturated heterocycles. The number of carbonyl (C=O) groups is 1. The van der Waals surface area contributed by atoms with Gasteiger partial charge < -0.3 is 0 Å². The second-order valence-electron chi connectivity index (χ2n) is 6.11.